The van der Waals surface area contributed by atoms with Crippen molar-refractivity contribution in [3.05, 3.63) is 0 Å². The van der Waals surface area contributed by atoms with Gasteiger partial charge in [-0.15, -0.1) is 0 Å². The topological polar surface area (TPSA) is 3.24 Å². The highest BCUT2D eigenvalue weighted by molar-refractivity contribution is 4.81. The Morgan fingerprint density at radius 3 is 0.780 bits per heavy atom. The Hall–Kier alpha value is -0.0400. The van der Waals surface area contributed by atoms with Gasteiger partial charge in [-0.1, -0.05) is 207 Å². The van der Waals surface area contributed by atoms with Gasteiger partial charge in [0.05, 0.1) is 0 Å². The van der Waals surface area contributed by atoms with E-state index in [1.165, 1.54) is 219 Å². The molecule has 248 valence electrons. The lowest BCUT2D eigenvalue weighted by Crippen LogP contribution is -2.45. The Labute approximate surface area is 263 Å². The zero-order valence-electron chi connectivity index (χ0n) is 30.0. The molecule has 0 amide bonds. The van der Waals surface area contributed by atoms with Crippen molar-refractivity contribution in [1.82, 2.24) is 4.90 Å². The summed E-state index contributed by atoms with van der Waals surface area (Å²) >= 11 is 0. The molecule has 0 atom stereocenters. The van der Waals surface area contributed by atoms with Crippen LogP contribution in [0, 0.1) is 0 Å². The zero-order chi connectivity index (χ0) is 30.1. The summed E-state index contributed by atoms with van der Waals surface area (Å²) in [6, 6.07) is 0. The molecule has 0 radical (unpaired) electrons. The smallest absolute Gasteiger partial charge is 0.0153 e. The summed E-state index contributed by atoms with van der Waals surface area (Å²) in [4.78, 5) is 2.91. The van der Waals surface area contributed by atoms with Crippen molar-refractivity contribution in [2.24, 2.45) is 0 Å². The van der Waals surface area contributed by atoms with Crippen molar-refractivity contribution >= 4 is 0 Å². The Kier molecular flexibility index (Phi) is 32.8. The Morgan fingerprint density at radius 1 is 0.293 bits per heavy atom. The van der Waals surface area contributed by atoms with E-state index in [1.54, 1.807) is 0 Å². The number of nitrogens with zero attached hydrogens (tertiary/aromatic N) is 1. The van der Waals surface area contributed by atoms with Crippen molar-refractivity contribution in [2.45, 2.75) is 246 Å². The zero-order valence-corrected chi connectivity index (χ0v) is 30.0. The third-order valence-corrected chi connectivity index (χ3v) is 9.81. The lowest BCUT2D eigenvalue weighted by molar-refractivity contribution is 0.102. The van der Waals surface area contributed by atoms with Gasteiger partial charge in [0.1, 0.15) is 0 Å². The van der Waals surface area contributed by atoms with Crippen LogP contribution in [0.15, 0.2) is 0 Å². The largest absolute Gasteiger partial charge is 0.298 e. The van der Waals surface area contributed by atoms with Gasteiger partial charge in [-0.05, 0) is 46.2 Å². The van der Waals surface area contributed by atoms with Crippen LogP contribution in [-0.4, -0.2) is 23.5 Å². The van der Waals surface area contributed by atoms with Gasteiger partial charge in [0.2, 0.25) is 0 Å². The number of hydrogen-bond acceptors (Lipinski definition) is 1. The van der Waals surface area contributed by atoms with Crippen LogP contribution in [-0.2, 0) is 0 Å². The molecule has 0 aromatic carbocycles. The van der Waals surface area contributed by atoms with Crippen LogP contribution >= 0.6 is 0 Å². The molecule has 0 unspecified atom stereocenters. The minimum Gasteiger partial charge on any atom is -0.298 e. The predicted octanol–water partition coefficient (Wildman–Crippen LogP) is 14.6. The lowest BCUT2D eigenvalue weighted by atomic mass is 9.93. The van der Waals surface area contributed by atoms with Crippen molar-refractivity contribution in [2.75, 3.05) is 13.1 Å². The van der Waals surface area contributed by atoms with Gasteiger partial charge in [-0.25, -0.2) is 0 Å². The van der Waals surface area contributed by atoms with Crippen LogP contribution in [0.1, 0.15) is 240 Å². The Bertz CT molecular complexity index is 441. The molecule has 0 aliphatic rings. The van der Waals surface area contributed by atoms with Crippen molar-refractivity contribution in [3.8, 4) is 0 Å². The summed E-state index contributed by atoms with van der Waals surface area (Å²) in [7, 11) is 0. The number of unbranched alkanes of at least 4 members (excludes halogenated alkanes) is 28. The molecule has 0 aliphatic carbocycles. The van der Waals surface area contributed by atoms with Crippen LogP contribution < -0.4 is 0 Å². The van der Waals surface area contributed by atoms with E-state index in [9.17, 15) is 0 Å². The normalized spacial score (nSPS) is 12.1. The first-order chi connectivity index (χ1) is 20.1. The quantitative estimate of drug-likeness (QED) is 0.0677. The van der Waals surface area contributed by atoms with Gasteiger partial charge in [-0.2, -0.15) is 0 Å². The van der Waals surface area contributed by atoms with E-state index in [0.29, 0.717) is 5.54 Å². The van der Waals surface area contributed by atoms with Gasteiger partial charge in [-0.3, -0.25) is 4.90 Å². The molecule has 1 heteroatoms. The summed E-state index contributed by atoms with van der Waals surface area (Å²) in [5.74, 6) is 0. The lowest BCUT2D eigenvalue weighted by Gasteiger charge is -2.39. The fraction of sp³-hybridized carbons (Fsp3) is 1.00. The molecule has 0 spiro atoms. The van der Waals surface area contributed by atoms with E-state index >= 15 is 0 Å². The molecular weight excluding hydrogens is 494 g/mol. The van der Waals surface area contributed by atoms with Crippen molar-refractivity contribution in [1.29, 1.82) is 0 Å². The van der Waals surface area contributed by atoms with Crippen LogP contribution in [0.2, 0.25) is 0 Å². The maximum Gasteiger partial charge on any atom is 0.0153 e. The van der Waals surface area contributed by atoms with Gasteiger partial charge in [0.25, 0.3) is 0 Å². The summed E-state index contributed by atoms with van der Waals surface area (Å²) in [6.45, 7) is 14.7. The molecule has 0 heterocycles. The molecule has 0 N–H and O–H groups in total. The van der Waals surface area contributed by atoms with Crippen LogP contribution in [0.4, 0.5) is 0 Å². The fourth-order valence-electron chi connectivity index (χ4n) is 6.68. The first-order valence-corrected chi connectivity index (χ1v) is 19.8. The van der Waals surface area contributed by atoms with Crippen LogP contribution in [0.5, 0.6) is 0 Å². The van der Waals surface area contributed by atoms with Crippen molar-refractivity contribution < 1.29 is 0 Å². The predicted molar refractivity (Wildman–Crippen MR) is 190 cm³/mol. The third-order valence-electron chi connectivity index (χ3n) is 9.81. The van der Waals surface area contributed by atoms with Crippen molar-refractivity contribution in [3.63, 3.8) is 0 Å². The van der Waals surface area contributed by atoms with Gasteiger partial charge >= 0.3 is 0 Å². The highest BCUT2D eigenvalue weighted by Crippen LogP contribution is 2.25. The van der Waals surface area contributed by atoms with E-state index in [0.717, 1.165) is 0 Å². The summed E-state index contributed by atoms with van der Waals surface area (Å²) in [5.41, 5.74) is 0.374. The van der Waals surface area contributed by atoms with Crippen LogP contribution in [0.3, 0.4) is 0 Å². The van der Waals surface area contributed by atoms with E-state index in [1.807, 2.05) is 0 Å². The molecule has 41 heavy (non-hydrogen) atoms. The molecular formula is C40H83N. The molecule has 0 rings (SSSR count). The van der Waals surface area contributed by atoms with E-state index in [2.05, 4.69) is 39.5 Å². The number of rotatable bonds is 35. The minimum absolute atomic E-state index is 0.374. The fourth-order valence-corrected chi connectivity index (χ4v) is 6.68. The maximum absolute atomic E-state index is 2.91. The number of hydrogen-bond donors (Lipinski definition) is 0. The van der Waals surface area contributed by atoms with E-state index < -0.39 is 0 Å². The second-order valence-corrected chi connectivity index (χ2v) is 14.4. The molecule has 0 aliphatic heterocycles. The monoisotopic (exact) mass is 578 g/mol. The van der Waals surface area contributed by atoms with E-state index in [-0.39, 0.29) is 0 Å². The standard InChI is InChI=1S/C40H83N/c1-6-9-12-15-18-20-22-24-26-29-32-35-38-41(40(4,5)37-34-31-28-17-14-11-8-3)39-36-33-30-27-25-23-21-19-16-13-10-7-2/h6-39H2,1-5H3. The molecule has 0 aromatic rings. The van der Waals surface area contributed by atoms with Crippen LogP contribution in [0.25, 0.3) is 0 Å². The first-order valence-electron chi connectivity index (χ1n) is 19.8. The summed E-state index contributed by atoms with van der Waals surface area (Å²) in [5, 5.41) is 0. The second kappa shape index (κ2) is 32.9. The SMILES string of the molecule is CCCCCCCCCCCCCCN(CCCCCCCCCCCCCC)C(C)(C)CCCCCCCCC. The molecule has 0 aromatic heterocycles. The molecule has 1 nitrogen and oxygen atoms in total. The molecule has 0 fully saturated rings. The average molecular weight is 578 g/mol. The average Bonchev–Trinajstić information content (AvgIpc) is 2.96. The molecule has 0 saturated heterocycles. The molecule has 0 bridgehead atoms. The van der Waals surface area contributed by atoms with Gasteiger partial charge in [0.15, 0.2) is 0 Å². The Balaban J connectivity index is 4.17. The minimum atomic E-state index is 0.374. The third kappa shape index (κ3) is 29.8. The summed E-state index contributed by atoms with van der Waals surface area (Å²) in [6.07, 6.45) is 46.2. The van der Waals surface area contributed by atoms with Gasteiger partial charge in [0, 0.05) is 5.54 Å². The highest BCUT2D eigenvalue weighted by Gasteiger charge is 2.25. The molecule has 0 saturated carbocycles. The summed E-state index contributed by atoms with van der Waals surface area (Å²) < 4.78 is 0. The van der Waals surface area contributed by atoms with E-state index in [4.69, 9.17) is 0 Å². The van der Waals surface area contributed by atoms with Gasteiger partial charge < -0.3 is 0 Å². The highest BCUT2D eigenvalue weighted by atomic mass is 15.2. The Morgan fingerprint density at radius 2 is 0.512 bits per heavy atom. The second-order valence-electron chi connectivity index (χ2n) is 14.4. The maximum atomic E-state index is 2.91. The first kappa shape index (κ1) is 41.0.